The fraction of sp³-hybridized carbons (Fsp3) is 1.00. The van der Waals surface area contributed by atoms with Crippen molar-refractivity contribution in [1.82, 2.24) is 0 Å². The van der Waals surface area contributed by atoms with Crippen LogP contribution in [0.5, 0.6) is 0 Å². The third-order valence-electron chi connectivity index (χ3n) is 11.9. The van der Waals surface area contributed by atoms with Crippen molar-refractivity contribution in [3.05, 3.63) is 0 Å². The van der Waals surface area contributed by atoms with Gasteiger partial charge in [0.1, 0.15) is 0 Å². The second-order valence-corrected chi connectivity index (χ2v) is 19.5. The zero-order chi connectivity index (χ0) is 21.7. The molecule has 4 fully saturated rings. The van der Waals surface area contributed by atoms with Gasteiger partial charge in [-0.05, 0) is 5.92 Å². The first-order valence-electron chi connectivity index (χ1n) is 13.8. The Morgan fingerprint density at radius 1 is 0.967 bits per heavy atom. The Morgan fingerprint density at radius 2 is 1.73 bits per heavy atom. The van der Waals surface area contributed by atoms with E-state index in [1.54, 1.807) is 3.93 Å². The van der Waals surface area contributed by atoms with Crippen molar-refractivity contribution < 1.29 is 29.7 Å². The summed E-state index contributed by atoms with van der Waals surface area (Å²) in [7, 11) is 0. The number of aliphatic hydroxyl groups is 1. The van der Waals surface area contributed by atoms with Crippen LogP contribution in [-0.2, 0) is 24.6 Å². The molecular formula is C28H50HgO. The second-order valence-electron chi connectivity index (χ2n) is 13.4. The fourth-order valence-electron chi connectivity index (χ4n) is 10.4. The molecule has 0 radical (unpaired) electrons. The first-order chi connectivity index (χ1) is 14.2. The zero-order valence-corrected chi connectivity index (χ0v) is 26.7. The molecule has 0 bridgehead atoms. The van der Waals surface area contributed by atoms with Gasteiger partial charge in [-0.25, -0.2) is 0 Å². The molecule has 0 aromatic rings. The van der Waals surface area contributed by atoms with Crippen molar-refractivity contribution in [2.45, 2.75) is 107 Å². The Balaban J connectivity index is 1.53. The van der Waals surface area contributed by atoms with E-state index in [9.17, 15) is 5.11 Å². The normalized spacial score (nSPS) is 48.3. The van der Waals surface area contributed by atoms with Gasteiger partial charge in [0.25, 0.3) is 0 Å². The van der Waals surface area contributed by atoms with Crippen LogP contribution in [0.1, 0.15) is 98.8 Å². The van der Waals surface area contributed by atoms with Crippen LogP contribution in [0.4, 0.5) is 0 Å². The Labute approximate surface area is 200 Å². The quantitative estimate of drug-likeness (QED) is 0.280. The van der Waals surface area contributed by atoms with Crippen molar-refractivity contribution in [2.75, 3.05) is 6.61 Å². The van der Waals surface area contributed by atoms with E-state index < -0.39 is 24.6 Å². The summed E-state index contributed by atoms with van der Waals surface area (Å²) >= 11 is -0.656. The van der Waals surface area contributed by atoms with Crippen LogP contribution in [0.15, 0.2) is 0 Å². The molecule has 4 aliphatic carbocycles. The van der Waals surface area contributed by atoms with Gasteiger partial charge >= 0.3 is 181 Å². The predicted molar refractivity (Wildman–Crippen MR) is 124 cm³/mol. The summed E-state index contributed by atoms with van der Waals surface area (Å²) in [6.45, 7) is 13.2. The third kappa shape index (κ3) is 3.52. The summed E-state index contributed by atoms with van der Waals surface area (Å²) in [5.74, 6) is 6.38. The van der Waals surface area contributed by atoms with Gasteiger partial charge in [-0.1, -0.05) is 13.8 Å². The third-order valence-corrected chi connectivity index (χ3v) is 16.9. The van der Waals surface area contributed by atoms with E-state index in [-0.39, 0.29) is 0 Å². The predicted octanol–water partition coefficient (Wildman–Crippen LogP) is 7.86. The van der Waals surface area contributed by atoms with E-state index in [2.05, 4.69) is 39.1 Å². The molecule has 4 aliphatic rings. The SMILES string of the molecule is [CH3][Hg][CH2][C@H]1CC[C@]2(C)[C@H]3CC[C@]4(C)[C@@H]([C@H](C)CCCC(C)C)CC[C@H]4[C@@H]3C[C@]12CO. The minimum atomic E-state index is -0.656. The molecule has 1 nitrogen and oxygen atoms in total. The molecule has 0 aromatic heterocycles. The summed E-state index contributed by atoms with van der Waals surface area (Å²) in [5.41, 5.74) is 1.33. The molecule has 0 heterocycles. The van der Waals surface area contributed by atoms with Crippen LogP contribution < -0.4 is 0 Å². The molecule has 0 saturated heterocycles. The van der Waals surface area contributed by atoms with Gasteiger partial charge in [-0.3, -0.25) is 0 Å². The summed E-state index contributed by atoms with van der Waals surface area (Å²) in [6, 6.07) is 0. The fourth-order valence-corrected chi connectivity index (χ4v) is 16.4. The maximum absolute atomic E-state index is 10.8. The van der Waals surface area contributed by atoms with E-state index >= 15 is 0 Å². The number of fused-ring (bicyclic) bond motifs is 5. The molecule has 1 N–H and O–H groups in total. The first-order valence-corrected chi connectivity index (χ1v) is 23.2. The van der Waals surface area contributed by atoms with Crippen LogP contribution in [0.25, 0.3) is 0 Å². The number of rotatable bonds is 8. The summed E-state index contributed by atoms with van der Waals surface area (Å²) < 4.78 is 4.13. The second kappa shape index (κ2) is 8.92. The van der Waals surface area contributed by atoms with Crippen LogP contribution in [0.3, 0.4) is 0 Å². The molecular weight excluding hydrogens is 553 g/mol. The van der Waals surface area contributed by atoms with Crippen LogP contribution in [-0.4, -0.2) is 11.7 Å². The average Bonchev–Trinajstić information content (AvgIpc) is 3.27. The molecule has 30 heavy (non-hydrogen) atoms. The van der Waals surface area contributed by atoms with Crippen molar-refractivity contribution in [2.24, 2.45) is 57.7 Å². The van der Waals surface area contributed by atoms with E-state index in [1.807, 2.05) is 0 Å². The minimum absolute atomic E-state index is 0.296. The number of aliphatic hydroxyl groups excluding tert-OH is 1. The molecule has 0 aliphatic heterocycles. The zero-order valence-electron chi connectivity index (χ0n) is 21.2. The first kappa shape index (κ1) is 24.0. The Kier molecular flexibility index (Phi) is 7.15. The van der Waals surface area contributed by atoms with Crippen molar-refractivity contribution >= 4 is 0 Å². The van der Waals surface area contributed by atoms with Crippen molar-refractivity contribution in [1.29, 1.82) is 0 Å². The van der Waals surface area contributed by atoms with E-state index in [4.69, 9.17) is 0 Å². The maximum atomic E-state index is 10.8. The number of hydrogen-bond donors (Lipinski definition) is 1. The molecule has 0 amide bonds. The number of hydrogen-bond acceptors (Lipinski definition) is 1. The Morgan fingerprint density at radius 3 is 2.40 bits per heavy atom. The van der Waals surface area contributed by atoms with Gasteiger partial charge < -0.3 is 0 Å². The van der Waals surface area contributed by atoms with E-state index in [0.29, 0.717) is 22.9 Å². The average molecular weight is 603 g/mol. The van der Waals surface area contributed by atoms with Gasteiger partial charge in [0.05, 0.1) is 0 Å². The molecule has 9 atom stereocenters. The molecule has 4 rings (SSSR count). The van der Waals surface area contributed by atoms with Gasteiger partial charge in [0, 0.05) is 0 Å². The Bertz CT molecular complexity index is 603. The van der Waals surface area contributed by atoms with Gasteiger partial charge in [0.15, 0.2) is 0 Å². The summed E-state index contributed by atoms with van der Waals surface area (Å²) in [6.07, 6.45) is 14.5. The molecule has 2 heteroatoms. The van der Waals surface area contributed by atoms with Gasteiger partial charge in [-0.2, -0.15) is 0 Å². The monoisotopic (exact) mass is 604 g/mol. The van der Waals surface area contributed by atoms with E-state index in [1.165, 1.54) is 64.2 Å². The molecule has 0 unspecified atom stereocenters. The molecule has 4 saturated carbocycles. The molecule has 0 spiro atoms. The van der Waals surface area contributed by atoms with Crippen LogP contribution >= 0.6 is 0 Å². The summed E-state index contributed by atoms with van der Waals surface area (Å²) in [5, 5.41) is 10.8. The molecule has 170 valence electrons. The summed E-state index contributed by atoms with van der Waals surface area (Å²) in [4.78, 5) is 0. The molecule has 0 aromatic carbocycles. The topological polar surface area (TPSA) is 20.2 Å². The van der Waals surface area contributed by atoms with Gasteiger partial charge in [-0.15, -0.1) is 0 Å². The van der Waals surface area contributed by atoms with Crippen molar-refractivity contribution in [3.63, 3.8) is 0 Å². The van der Waals surface area contributed by atoms with E-state index in [0.717, 1.165) is 41.4 Å². The Hall–Kier alpha value is 0.895. The van der Waals surface area contributed by atoms with Gasteiger partial charge in [0.2, 0.25) is 0 Å². The van der Waals surface area contributed by atoms with Crippen LogP contribution in [0.2, 0.25) is 8.36 Å². The van der Waals surface area contributed by atoms with Crippen molar-refractivity contribution in [3.8, 4) is 0 Å². The standard InChI is InChI=1S/C27H47O.CH3.Hg/c1-18(2)8-7-9-19(3)22-10-11-23-21-16-27(17-28)20(4)12-15-26(27,6)24(21)13-14-25(22,23)5;;/h18-24,28H,4,7-17H2,1-3,5-6H3;1H3;/t19-,20+,21+,22-,23+,24+,25-,26-,27+;;/m1../s1. The van der Waals surface area contributed by atoms with Crippen LogP contribution in [0, 0.1) is 57.7 Å².